The van der Waals surface area contributed by atoms with Gasteiger partial charge in [0, 0.05) is 57.4 Å². The Bertz CT molecular complexity index is 532. The number of benzene rings is 1. The van der Waals surface area contributed by atoms with Gasteiger partial charge in [-0.05, 0) is 25.1 Å². The molecule has 5 nitrogen and oxygen atoms in total. The van der Waals surface area contributed by atoms with Crippen LogP contribution in [0.5, 0.6) is 0 Å². The van der Waals surface area contributed by atoms with Crippen LogP contribution < -0.4 is 10.6 Å². The van der Waals surface area contributed by atoms with E-state index in [0.717, 1.165) is 42.7 Å². The molecule has 0 aromatic heterocycles. The quantitative estimate of drug-likeness (QED) is 0.374. The molecule has 1 aromatic carbocycles. The lowest BCUT2D eigenvalue weighted by Crippen LogP contribution is -2.53. The molecule has 142 valence electrons. The summed E-state index contributed by atoms with van der Waals surface area (Å²) >= 11 is 6.19. The van der Waals surface area contributed by atoms with E-state index in [1.165, 1.54) is 13.1 Å². The van der Waals surface area contributed by atoms with Crippen molar-refractivity contribution in [2.75, 3.05) is 46.3 Å². The molecule has 1 aromatic rings. The first-order valence-electron chi connectivity index (χ1n) is 8.78. The highest BCUT2D eigenvalue weighted by molar-refractivity contribution is 14.0. The highest BCUT2D eigenvalue weighted by Crippen LogP contribution is 2.14. The van der Waals surface area contributed by atoms with Crippen molar-refractivity contribution in [2.24, 2.45) is 4.99 Å². The second-order valence-corrected chi connectivity index (χ2v) is 6.62. The minimum Gasteiger partial charge on any atom is -0.355 e. The standard InChI is InChI=1S/C18H30ClN5.HI/c1-4-23-9-11-24(12-10-23)15(2)13-21-18(20-3)22-14-16-7-5-6-8-17(16)19;/h5-8,15H,4,9-14H2,1-3H3,(H2,20,21,22);1H. The van der Waals surface area contributed by atoms with Crippen molar-refractivity contribution >= 4 is 41.5 Å². The molecule has 1 atom stereocenters. The molecule has 1 heterocycles. The normalized spacial score (nSPS) is 17.7. The number of nitrogens with one attached hydrogen (secondary N) is 2. The molecule has 0 radical (unpaired) electrons. The van der Waals surface area contributed by atoms with Crippen LogP contribution in [-0.2, 0) is 6.54 Å². The lowest BCUT2D eigenvalue weighted by molar-refractivity contribution is 0.107. The van der Waals surface area contributed by atoms with Crippen molar-refractivity contribution in [3.63, 3.8) is 0 Å². The van der Waals surface area contributed by atoms with Gasteiger partial charge < -0.3 is 15.5 Å². The zero-order valence-electron chi connectivity index (χ0n) is 15.5. The largest absolute Gasteiger partial charge is 0.355 e. The fraction of sp³-hybridized carbons (Fsp3) is 0.611. The Morgan fingerprint density at radius 3 is 2.48 bits per heavy atom. The Balaban J connectivity index is 0.00000312. The van der Waals surface area contributed by atoms with Gasteiger partial charge in [0.2, 0.25) is 0 Å². The average molecular weight is 480 g/mol. The number of rotatable bonds is 6. The third kappa shape index (κ3) is 7.29. The van der Waals surface area contributed by atoms with E-state index in [-0.39, 0.29) is 24.0 Å². The molecule has 1 saturated heterocycles. The van der Waals surface area contributed by atoms with Gasteiger partial charge in [-0.25, -0.2) is 0 Å². The molecule has 7 heteroatoms. The minimum atomic E-state index is 0. The van der Waals surface area contributed by atoms with Crippen LogP contribution in [0.15, 0.2) is 29.3 Å². The van der Waals surface area contributed by atoms with Crippen molar-refractivity contribution in [3.8, 4) is 0 Å². The summed E-state index contributed by atoms with van der Waals surface area (Å²) in [6.07, 6.45) is 0. The van der Waals surface area contributed by atoms with E-state index < -0.39 is 0 Å². The lowest BCUT2D eigenvalue weighted by atomic mass is 10.2. The third-order valence-corrected chi connectivity index (χ3v) is 5.04. The average Bonchev–Trinajstić information content (AvgIpc) is 2.63. The number of aliphatic imine (C=N–C) groups is 1. The van der Waals surface area contributed by atoms with Crippen LogP contribution >= 0.6 is 35.6 Å². The van der Waals surface area contributed by atoms with E-state index >= 15 is 0 Å². The van der Waals surface area contributed by atoms with E-state index in [2.05, 4.69) is 39.3 Å². The molecule has 0 aliphatic carbocycles. The fourth-order valence-corrected chi connectivity index (χ4v) is 3.14. The van der Waals surface area contributed by atoms with Gasteiger partial charge in [-0.1, -0.05) is 36.7 Å². The van der Waals surface area contributed by atoms with Crippen LogP contribution in [0.1, 0.15) is 19.4 Å². The highest BCUT2D eigenvalue weighted by atomic mass is 127. The molecule has 2 N–H and O–H groups in total. The summed E-state index contributed by atoms with van der Waals surface area (Å²) in [6.45, 7) is 11.8. The van der Waals surface area contributed by atoms with Crippen LogP contribution in [0, 0.1) is 0 Å². The molecule has 2 rings (SSSR count). The minimum absolute atomic E-state index is 0. The number of guanidine groups is 1. The number of halogens is 2. The molecule has 1 unspecified atom stereocenters. The van der Waals surface area contributed by atoms with Gasteiger partial charge in [0.1, 0.15) is 0 Å². The van der Waals surface area contributed by atoms with Crippen molar-refractivity contribution in [3.05, 3.63) is 34.9 Å². The van der Waals surface area contributed by atoms with E-state index in [1.807, 2.05) is 24.3 Å². The van der Waals surface area contributed by atoms with Gasteiger partial charge in [-0.3, -0.25) is 9.89 Å². The summed E-state index contributed by atoms with van der Waals surface area (Å²) in [6, 6.07) is 8.36. The van der Waals surface area contributed by atoms with Crippen molar-refractivity contribution in [1.29, 1.82) is 0 Å². The van der Waals surface area contributed by atoms with E-state index in [9.17, 15) is 0 Å². The molecule has 0 amide bonds. The second kappa shape index (κ2) is 11.9. The summed E-state index contributed by atoms with van der Waals surface area (Å²) in [4.78, 5) is 9.34. The Morgan fingerprint density at radius 2 is 1.88 bits per heavy atom. The summed E-state index contributed by atoms with van der Waals surface area (Å²) < 4.78 is 0. The number of likely N-dealkylation sites (N-methyl/N-ethyl adjacent to an activating group) is 1. The first-order valence-corrected chi connectivity index (χ1v) is 9.16. The van der Waals surface area contributed by atoms with Crippen molar-refractivity contribution in [2.45, 2.75) is 26.4 Å². The SMILES string of the molecule is CCN1CCN(C(C)CNC(=NC)NCc2ccccc2Cl)CC1.I. The zero-order valence-corrected chi connectivity index (χ0v) is 18.6. The van der Waals surface area contributed by atoms with Crippen molar-refractivity contribution in [1.82, 2.24) is 20.4 Å². The first-order chi connectivity index (χ1) is 11.6. The smallest absolute Gasteiger partial charge is 0.191 e. The predicted molar refractivity (Wildman–Crippen MR) is 118 cm³/mol. The second-order valence-electron chi connectivity index (χ2n) is 6.22. The van der Waals surface area contributed by atoms with Crippen LogP contribution in [-0.4, -0.2) is 68.1 Å². The number of hydrogen-bond acceptors (Lipinski definition) is 3. The summed E-state index contributed by atoms with van der Waals surface area (Å²) in [5.41, 5.74) is 1.07. The molecule has 0 saturated carbocycles. The lowest BCUT2D eigenvalue weighted by Gasteiger charge is -2.37. The molecule has 1 aliphatic rings. The van der Waals surface area contributed by atoms with E-state index in [0.29, 0.717) is 12.6 Å². The monoisotopic (exact) mass is 479 g/mol. The maximum Gasteiger partial charge on any atom is 0.191 e. The Morgan fingerprint density at radius 1 is 1.20 bits per heavy atom. The Labute approximate surface area is 174 Å². The van der Waals surface area contributed by atoms with Gasteiger partial charge in [0.15, 0.2) is 5.96 Å². The third-order valence-electron chi connectivity index (χ3n) is 4.67. The van der Waals surface area contributed by atoms with E-state index in [1.54, 1.807) is 7.05 Å². The molecule has 1 fully saturated rings. The molecule has 25 heavy (non-hydrogen) atoms. The first kappa shape index (κ1) is 22.5. The van der Waals surface area contributed by atoms with E-state index in [4.69, 9.17) is 11.6 Å². The topological polar surface area (TPSA) is 42.9 Å². The molecule has 1 aliphatic heterocycles. The molecule has 0 spiro atoms. The number of nitrogens with zero attached hydrogens (tertiary/aromatic N) is 3. The summed E-state index contributed by atoms with van der Waals surface area (Å²) in [7, 11) is 1.80. The maximum absolute atomic E-state index is 6.19. The molecule has 0 bridgehead atoms. The Hall–Kier alpha value is -0.570. The summed E-state index contributed by atoms with van der Waals surface area (Å²) in [5, 5.41) is 7.53. The molecular weight excluding hydrogens is 449 g/mol. The highest BCUT2D eigenvalue weighted by Gasteiger charge is 2.20. The summed E-state index contributed by atoms with van der Waals surface area (Å²) in [5.74, 6) is 0.814. The Kier molecular flexibility index (Phi) is 10.7. The zero-order chi connectivity index (χ0) is 17.4. The van der Waals surface area contributed by atoms with Gasteiger partial charge in [0.05, 0.1) is 0 Å². The number of hydrogen-bond donors (Lipinski definition) is 2. The van der Waals surface area contributed by atoms with Gasteiger partial charge in [-0.15, -0.1) is 24.0 Å². The van der Waals surface area contributed by atoms with Crippen LogP contribution in [0.4, 0.5) is 0 Å². The van der Waals surface area contributed by atoms with Crippen LogP contribution in [0.3, 0.4) is 0 Å². The van der Waals surface area contributed by atoms with Crippen molar-refractivity contribution < 1.29 is 0 Å². The van der Waals surface area contributed by atoms with Crippen LogP contribution in [0.2, 0.25) is 5.02 Å². The fourth-order valence-electron chi connectivity index (χ4n) is 2.94. The maximum atomic E-state index is 6.19. The van der Waals surface area contributed by atoms with Gasteiger partial charge in [0.25, 0.3) is 0 Å². The van der Waals surface area contributed by atoms with Gasteiger partial charge >= 0.3 is 0 Å². The molecular formula is C18H31ClIN5. The number of piperazine rings is 1. The van der Waals surface area contributed by atoms with Crippen LogP contribution in [0.25, 0.3) is 0 Å². The van der Waals surface area contributed by atoms with Gasteiger partial charge in [-0.2, -0.15) is 0 Å². The predicted octanol–water partition coefficient (Wildman–Crippen LogP) is 2.65.